The van der Waals surface area contributed by atoms with E-state index in [1.807, 2.05) is 0 Å². The molecule has 0 bridgehead atoms. The molecular formula is C11H17N5. The highest BCUT2D eigenvalue weighted by Crippen LogP contribution is 2.15. The predicted molar refractivity (Wildman–Crippen MR) is 64.6 cm³/mol. The molecule has 5 nitrogen and oxygen atoms in total. The minimum absolute atomic E-state index is 0.693. The van der Waals surface area contributed by atoms with Crippen LogP contribution in [0.1, 0.15) is 19.3 Å². The van der Waals surface area contributed by atoms with Crippen LogP contribution in [0.5, 0.6) is 0 Å². The van der Waals surface area contributed by atoms with Crippen LogP contribution in [0.4, 0.5) is 11.8 Å². The van der Waals surface area contributed by atoms with E-state index in [4.69, 9.17) is 0 Å². The van der Waals surface area contributed by atoms with Crippen molar-refractivity contribution < 1.29 is 0 Å². The summed E-state index contributed by atoms with van der Waals surface area (Å²) in [7, 11) is 0. The molecule has 2 rings (SSSR count). The molecule has 0 aliphatic carbocycles. The highest BCUT2D eigenvalue weighted by atomic mass is 15.3. The second kappa shape index (κ2) is 5.44. The van der Waals surface area contributed by atoms with Crippen molar-refractivity contribution in [2.45, 2.75) is 19.3 Å². The van der Waals surface area contributed by atoms with E-state index >= 15 is 0 Å². The molecule has 5 heteroatoms. The topological polar surface area (TPSA) is 53.9 Å². The number of hydrogen-bond donors (Lipinski definition) is 1. The third kappa shape index (κ3) is 2.68. The molecule has 86 valence electrons. The standard InChI is InChI=1S/C11H17N5/c1-2-6-12-10-9-13-15-11(14-10)16-7-4-3-5-8-16/h2,9H,1,3-8H2,(H,12,14,15). The van der Waals surface area contributed by atoms with Crippen LogP contribution in [-0.2, 0) is 0 Å². The molecule has 0 atom stereocenters. The largest absolute Gasteiger partial charge is 0.365 e. The quantitative estimate of drug-likeness (QED) is 0.777. The Morgan fingerprint density at radius 3 is 2.94 bits per heavy atom. The lowest BCUT2D eigenvalue weighted by atomic mass is 10.1. The zero-order valence-electron chi connectivity index (χ0n) is 9.39. The van der Waals surface area contributed by atoms with E-state index in [-0.39, 0.29) is 0 Å². The summed E-state index contributed by atoms with van der Waals surface area (Å²) in [5.74, 6) is 1.49. The molecule has 16 heavy (non-hydrogen) atoms. The lowest BCUT2D eigenvalue weighted by Crippen LogP contribution is -2.31. The fourth-order valence-corrected chi connectivity index (χ4v) is 1.78. The van der Waals surface area contributed by atoms with Crippen molar-refractivity contribution >= 4 is 11.8 Å². The first-order chi connectivity index (χ1) is 7.90. The van der Waals surface area contributed by atoms with Crippen molar-refractivity contribution in [3.8, 4) is 0 Å². The number of piperidine rings is 1. The van der Waals surface area contributed by atoms with Gasteiger partial charge in [0.15, 0.2) is 5.82 Å². The molecule has 1 aliphatic rings. The lowest BCUT2D eigenvalue weighted by molar-refractivity contribution is 0.565. The Morgan fingerprint density at radius 1 is 1.38 bits per heavy atom. The van der Waals surface area contributed by atoms with Gasteiger partial charge in [0.25, 0.3) is 0 Å². The molecular weight excluding hydrogens is 202 g/mol. The molecule has 0 saturated carbocycles. The first-order valence-corrected chi connectivity index (χ1v) is 5.69. The van der Waals surface area contributed by atoms with E-state index in [1.165, 1.54) is 19.3 Å². The SMILES string of the molecule is C=CCNc1cnnc(N2CCCCC2)n1. The highest BCUT2D eigenvalue weighted by molar-refractivity contribution is 5.39. The van der Waals surface area contributed by atoms with Crippen LogP contribution in [0.3, 0.4) is 0 Å². The summed E-state index contributed by atoms with van der Waals surface area (Å²) in [6, 6.07) is 0. The molecule has 1 aromatic rings. The van der Waals surface area contributed by atoms with Gasteiger partial charge in [-0.15, -0.1) is 11.7 Å². The molecule has 1 N–H and O–H groups in total. The first-order valence-electron chi connectivity index (χ1n) is 5.69. The Bertz CT molecular complexity index is 346. The van der Waals surface area contributed by atoms with Crippen LogP contribution in [0.2, 0.25) is 0 Å². The van der Waals surface area contributed by atoms with Crippen LogP contribution >= 0.6 is 0 Å². The van der Waals surface area contributed by atoms with Crippen LogP contribution in [0.25, 0.3) is 0 Å². The van der Waals surface area contributed by atoms with Gasteiger partial charge < -0.3 is 10.2 Å². The summed E-state index contributed by atoms with van der Waals surface area (Å²) >= 11 is 0. The predicted octanol–water partition coefficient (Wildman–Crippen LogP) is 1.46. The van der Waals surface area contributed by atoms with Gasteiger partial charge in [0.2, 0.25) is 5.95 Å². The van der Waals surface area contributed by atoms with Crippen molar-refractivity contribution in [1.29, 1.82) is 0 Å². The number of nitrogens with zero attached hydrogens (tertiary/aromatic N) is 4. The van der Waals surface area contributed by atoms with Gasteiger partial charge in [-0.25, -0.2) is 0 Å². The van der Waals surface area contributed by atoms with Crippen LogP contribution in [0.15, 0.2) is 18.9 Å². The maximum Gasteiger partial charge on any atom is 0.247 e. The van der Waals surface area contributed by atoms with Gasteiger partial charge in [0.1, 0.15) is 0 Å². The van der Waals surface area contributed by atoms with E-state index in [0.717, 1.165) is 24.9 Å². The van der Waals surface area contributed by atoms with Crippen molar-refractivity contribution in [2.24, 2.45) is 0 Å². The third-order valence-corrected chi connectivity index (χ3v) is 2.61. The van der Waals surface area contributed by atoms with Crippen molar-refractivity contribution in [3.05, 3.63) is 18.9 Å². The lowest BCUT2D eigenvalue weighted by Gasteiger charge is -2.26. The van der Waals surface area contributed by atoms with E-state index < -0.39 is 0 Å². The Hall–Kier alpha value is -1.65. The van der Waals surface area contributed by atoms with Crippen molar-refractivity contribution in [1.82, 2.24) is 15.2 Å². The molecule has 1 fully saturated rings. The number of aromatic nitrogens is 3. The number of hydrogen-bond acceptors (Lipinski definition) is 5. The van der Waals surface area contributed by atoms with Crippen molar-refractivity contribution in [3.63, 3.8) is 0 Å². The van der Waals surface area contributed by atoms with Gasteiger partial charge in [-0.1, -0.05) is 6.08 Å². The third-order valence-electron chi connectivity index (χ3n) is 2.61. The minimum atomic E-state index is 0.693. The summed E-state index contributed by atoms with van der Waals surface area (Å²) in [6.07, 6.45) is 7.17. The van der Waals surface area contributed by atoms with Crippen LogP contribution < -0.4 is 10.2 Å². The molecule has 1 saturated heterocycles. The zero-order valence-corrected chi connectivity index (χ0v) is 9.39. The van der Waals surface area contributed by atoms with Gasteiger partial charge in [0.05, 0.1) is 6.20 Å². The Kier molecular flexibility index (Phi) is 3.69. The number of rotatable bonds is 4. The minimum Gasteiger partial charge on any atom is -0.365 e. The number of anilines is 2. The Balaban J connectivity index is 2.05. The van der Waals surface area contributed by atoms with Gasteiger partial charge in [-0.3, -0.25) is 0 Å². The van der Waals surface area contributed by atoms with Gasteiger partial charge >= 0.3 is 0 Å². The monoisotopic (exact) mass is 219 g/mol. The summed E-state index contributed by atoms with van der Waals surface area (Å²) in [4.78, 5) is 6.62. The second-order valence-electron chi connectivity index (χ2n) is 3.86. The van der Waals surface area contributed by atoms with Crippen LogP contribution in [0, 0.1) is 0 Å². The van der Waals surface area contributed by atoms with Gasteiger partial charge in [-0.05, 0) is 19.3 Å². The normalized spacial score (nSPS) is 15.9. The molecule has 0 unspecified atom stereocenters. The Labute approximate surface area is 95.6 Å². The van der Waals surface area contributed by atoms with Crippen LogP contribution in [-0.4, -0.2) is 34.8 Å². The smallest absolute Gasteiger partial charge is 0.247 e. The van der Waals surface area contributed by atoms with Gasteiger partial charge in [0, 0.05) is 19.6 Å². The van der Waals surface area contributed by atoms with Crippen molar-refractivity contribution in [2.75, 3.05) is 29.9 Å². The average Bonchev–Trinajstić information content (AvgIpc) is 2.38. The average molecular weight is 219 g/mol. The van der Waals surface area contributed by atoms with Gasteiger partial charge in [-0.2, -0.15) is 10.1 Å². The first kappa shape index (κ1) is 10.9. The van der Waals surface area contributed by atoms with E-state index in [9.17, 15) is 0 Å². The van der Waals surface area contributed by atoms with E-state index in [1.54, 1.807) is 12.3 Å². The summed E-state index contributed by atoms with van der Waals surface area (Å²) in [5, 5.41) is 11.1. The number of nitrogens with one attached hydrogen (secondary N) is 1. The summed E-state index contributed by atoms with van der Waals surface area (Å²) in [5.41, 5.74) is 0. The maximum absolute atomic E-state index is 4.43. The molecule has 2 heterocycles. The van der Waals surface area contributed by atoms with E-state index in [0.29, 0.717) is 6.54 Å². The molecule has 0 amide bonds. The zero-order chi connectivity index (χ0) is 11.2. The Morgan fingerprint density at radius 2 is 2.19 bits per heavy atom. The summed E-state index contributed by atoms with van der Waals surface area (Å²) < 4.78 is 0. The molecule has 1 aliphatic heterocycles. The molecule has 1 aromatic heterocycles. The maximum atomic E-state index is 4.43. The second-order valence-corrected chi connectivity index (χ2v) is 3.86. The summed E-state index contributed by atoms with van der Waals surface area (Å²) in [6.45, 7) is 6.41. The fraction of sp³-hybridized carbons (Fsp3) is 0.545. The molecule has 0 radical (unpaired) electrons. The molecule has 0 spiro atoms. The van der Waals surface area contributed by atoms with E-state index in [2.05, 4.69) is 32.0 Å². The highest BCUT2D eigenvalue weighted by Gasteiger charge is 2.13. The fourth-order valence-electron chi connectivity index (χ4n) is 1.78. The molecule has 0 aromatic carbocycles.